The maximum absolute atomic E-state index is 15.1. The maximum Gasteiger partial charge on any atom is 0.387 e. The average Bonchev–Trinajstić information content (AvgIpc) is 3.15. The number of amides is 1. The molecule has 0 radical (unpaired) electrons. The van der Waals surface area contributed by atoms with E-state index in [1.165, 1.54) is 24.4 Å². The zero-order valence-electron chi connectivity index (χ0n) is 18.0. The van der Waals surface area contributed by atoms with Gasteiger partial charge in [0.1, 0.15) is 23.1 Å². The van der Waals surface area contributed by atoms with Gasteiger partial charge in [-0.3, -0.25) is 9.78 Å². The number of carbonyl (C=O) groups excluding carboxylic acids is 1. The number of rotatable bonds is 5. The predicted octanol–water partition coefficient (Wildman–Crippen LogP) is 4.89. The molecule has 0 bridgehead atoms. The van der Waals surface area contributed by atoms with E-state index in [2.05, 4.69) is 11.9 Å². The lowest BCUT2D eigenvalue weighted by atomic mass is 9.99. The molecule has 1 aliphatic carbocycles. The number of para-hydroxylation sites is 1. The second-order valence-electron chi connectivity index (χ2n) is 8.78. The van der Waals surface area contributed by atoms with E-state index in [0.29, 0.717) is 33.6 Å². The summed E-state index contributed by atoms with van der Waals surface area (Å²) in [6, 6.07) is 12.6. The number of carbonyl (C=O) groups is 1. The van der Waals surface area contributed by atoms with Crippen LogP contribution in [0.2, 0.25) is 0 Å². The summed E-state index contributed by atoms with van der Waals surface area (Å²) in [5, 5.41) is 0. The standard InChI is InChI=1S/C25H19F3N4O2/c1-11-20-21(11)24-31-17-9-15(26)14(12-6-7-16(23(29)33)30-10-12)8-18(17)32(24)22(20)13-4-2-3-5-19(13)34-25(27)28/h2-11,20-22,25H,1H3,(H2,29,33)/t11?,20?,21?,22-/m1/s1. The molecule has 4 atom stereocenters. The Morgan fingerprint density at radius 2 is 1.97 bits per heavy atom. The highest BCUT2D eigenvalue weighted by molar-refractivity contribution is 5.91. The molecule has 2 N–H and O–H groups in total. The van der Waals surface area contributed by atoms with Gasteiger partial charge < -0.3 is 15.0 Å². The molecular weight excluding hydrogens is 445 g/mol. The largest absolute Gasteiger partial charge is 0.434 e. The van der Waals surface area contributed by atoms with Crippen molar-refractivity contribution in [2.24, 2.45) is 17.6 Å². The highest BCUT2D eigenvalue weighted by atomic mass is 19.3. The van der Waals surface area contributed by atoms with Crippen LogP contribution in [0.4, 0.5) is 13.2 Å². The van der Waals surface area contributed by atoms with Gasteiger partial charge in [0.05, 0.1) is 17.1 Å². The van der Waals surface area contributed by atoms with Gasteiger partial charge >= 0.3 is 6.61 Å². The Balaban J connectivity index is 1.52. The van der Waals surface area contributed by atoms with E-state index in [1.54, 1.807) is 30.3 Å². The molecule has 1 amide bonds. The number of ether oxygens (including phenoxy) is 1. The van der Waals surface area contributed by atoms with E-state index in [1.807, 2.05) is 4.57 Å². The first-order valence-corrected chi connectivity index (χ1v) is 10.9. The highest BCUT2D eigenvalue weighted by Crippen LogP contribution is 2.66. The zero-order valence-corrected chi connectivity index (χ0v) is 18.0. The van der Waals surface area contributed by atoms with Crippen molar-refractivity contribution >= 4 is 16.9 Å². The van der Waals surface area contributed by atoms with Crippen molar-refractivity contribution in [2.45, 2.75) is 25.5 Å². The Morgan fingerprint density at radius 3 is 2.68 bits per heavy atom. The van der Waals surface area contributed by atoms with Crippen molar-refractivity contribution < 1.29 is 22.7 Å². The fourth-order valence-electron chi connectivity index (χ4n) is 5.41. The summed E-state index contributed by atoms with van der Waals surface area (Å²) in [5.74, 6) is 0.489. The van der Waals surface area contributed by atoms with Gasteiger partial charge in [0.25, 0.3) is 5.91 Å². The number of primary amides is 1. The van der Waals surface area contributed by atoms with Gasteiger partial charge in [0, 0.05) is 34.9 Å². The third-order valence-electron chi connectivity index (χ3n) is 6.97. The zero-order chi connectivity index (χ0) is 23.7. The van der Waals surface area contributed by atoms with Gasteiger partial charge in [0.2, 0.25) is 0 Å². The number of nitrogens with two attached hydrogens (primary N) is 1. The van der Waals surface area contributed by atoms with Gasteiger partial charge in [0.15, 0.2) is 0 Å². The molecule has 2 aliphatic rings. The number of pyridine rings is 1. The number of alkyl halides is 2. The molecule has 1 aliphatic heterocycles. The van der Waals surface area contributed by atoms with Crippen LogP contribution in [-0.2, 0) is 0 Å². The summed E-state index contributed by atoms with van der Waals surface area (Å²) in [7, 11) is 0. The lowest BCUT2D eigenvalue weighted by Gasteiger charge is -2.22. The molecular formula is C25H19F3N4O2. The van der Waals surface area contributed by atoms with Crippen LogP contribution in [0.3, 0.4) is 0 Å². The molecule has 1 saturated carbocycles. The van der Waals surface area contributed by atoms with Crippen molar-refractivity contribution in [1.29, 1.82) is 0 Å². The van der Waals surface area contributed by atoms with Crippen LogP contribution >= 0.6 is 0 Å². The first-order chi connectivity index (χ1) is 16.3. The Morgan fingerprint density at radius 1 is 1.18 bits per heavy atom. The minimum atomic E-state index is -2.94. The fraction of sp³-hybridized carbons (Fsp3) is 0.240. The SMILES string of the molecule is CC1C2c3nc4cc(F)c(-c5ccc(C(N)=O)nc5)cc4n3[C@H](c3ccccc3OC(F)F)C12. The molecule has 0 spiro atoms. The number of benzene rings is 2. The third kappa shape index (κ3) is 2.99. The molecule has 3 heterocycles. The first-order valence-electron chi connectivity index (χ1n) is 10.9. The number of halogens is 3. The van der Waals surface area contributed by atoms with Gasteiger partial charge in [-0.25, -0.2) is 9.37 Å². The predicted molar refractivity (Wildman–Crippen MR) is 118 cm³/mol. The number of aromatic nitrogens is 3. The van der Waals surface area contributed by atoms with Crippen molar-refractivity contribution in [3.8, 4) is 16.9 Å². The number of nitrogens with zero attached hydrogens (tertiary/aromatic N) is 3. The van der Waals surface area contributed by atoms with E-state index in [0.717, 1.165) is 5.82 Å². The monoisotopic (exact) mass is 464 g/mol. The van der Waals surface area contributed by atoms with Crippen molar-refractivity contribution in [1.82, 2.24) is 14.5 Å². The minimum Gasteiger partial charge on any atom is -0.434 e. The quantitative estimate of drug-likeness (QED) is 0.456. The van der Waals surface area contributed by atoms with E-state index in [-0.39, 0.29) is 29.3 Å². The minimum absolute atomic E-state index is 0.0836. The first kappa shape index (κ1) is 20.7. The van der Waals surface area contributed by atoms with Crippen molar-refractivity contribution in [3.63, 3.8) is 0 Å². The maximum atomic E-state index is 15.1. The molecule has 6 nitrogen and oxygen atoms in total. The van der Waals surface area contributed by atoms with Gasteiger partial charge in [-0.15, -0.1) is 0 Å². The van der Waals surface area contributed by atoms with Crippen LogP contribution in [0.1, 0.15) is 40.8 Å². The smallest absolute Gasteiger partial charge is 0.387 e. The Hall–Kier alpha value is -3.88. The lowest BCUT2D eigenvalue weighted by Crippen LogP contribution is -2.15. The Bertz CT molecular complexity index is 1450. The Kier molecular flexibility index (Phi) is 4.45. The fourth-order valence-corrected chi connectivity index (χ4v) is 5.41. The number of hydrogen-bond acceptors (Lipinski definition) is 4. The molecule has 2 aromatic heterocycles. The van der Waals surface area contributed by atoms with Gasteiger partial charge in [-0.05, 0) is 30.0 Å². The van der Waals surface area contributed by atoms with Crippen LogP contribution < -0.4 is 10.5 Å². The molecule has 0 saturated heterocycles. The molecule has 3 unspecified atom stereocenters. The number of fused-ring (bicyclic) bond motifs is 5. The molecule has 6 rings (SSSR count). The van der Waals surface area contributed by atoms with E-state index in [4.69, 9.17) is 15.5 Å². The lowest BCUT2D eigenvalue weighted by molar-refractivity contribution is -0.0507. The second kappa shape index (κ2) is 7.31. The molecule has 1 fully saturated rings. The summed E-state index contributed by atoms with van der Waals surface area (Å²) in [6.45, 7) is -0.828. The molecule has 34 heavy (non-hydrogen) atoms. The molecule has 172 valence electrons. The van der Waals surface area contributed by atoms with Crippen LogP contribution in [0.15, 0.2) is 54.7 Å². The highest BCUT2D eigenvalue weighted by Gasteiger charge is 2.61. The summed E-state index contributed by atoms with van der Waals surface area (Å²) in [4.78, 5) is 20.1. The summed E-state index contributed by atoms with van der Waals surface area (Å²) in [5.41, 5.74) is 7.95. The van der Waals surface area contributed by atoms with Crippen molar-refractivity contribution in [3.05, 3.63) is 77.6 Å². The van der Waals surface area contributed by atoms with Crippen LogP contribution in [0.5, 0.6) is 5.75 Å². The van der Waals surface area contributed by atoms with Crippen LogP contribution in [0.25, 0.3) is 22.2 Å². The molecule has 9 heteroatoms. The summed E-state index contributed by atoms with van der Waals surface area (Å²) >= 11 is 0. The topological polar surface area (TPSA) is 83.0 Å². The average molecular weight is 464 g/mol. The summed E-state index contributed by atoms with van der Waals surface area (Å²) in [6.07, 6.45) is 1.40. The van der Waals surface area contributed by atoms with E-state index < -0.39 is 18.3 Å². The van der Waals surface area contributed by atoms with Gasteiger partial charge in [-0.2, -0.15) is 8.78 Å². The molecule has 2 aromatic carbocycles. The van der Waals surface area contributed by atoms with E-state index in [9.17, 15) is 13.6 Å². The van der Waals surface area contributed by atoms with Crippen LogP contribution in [-0.4, -0.2) is 27.1 Å². The normalized spacial score (nSPS) is 22.6. The summed E-state index contributed by atoms with van der Waals surface area (Å²) < 4.78 is 48.1. The van der Waals surface area contributed by atoms with E-state index >= 15 is 4.39 Å². The second-order valence-corrected chi connectivity index (χ2v) is 8.78. The van der Waals surface area contributed by atoms with Gasteiger partial charge in [-0.1, -0.05) is 31.2 Å². The Labute approximate surface area is 192 Å². The molecule has 4 aromatic rings. The van der Waals surface area contributed by atoms with Crippen LogP contribution in [0, 0.1) is 17.7 Å². The number of hydrogen-bond donors (Lipinski definition) is 1. The van der Waals surface area contributed by atoms with Crippen molar-refractivity contribution in [2.75, 3.05) is 0 Å². The number of imidazole rings is 1. The third-order valence-corrected chi connectivity index (χ3v) is 6.97.